The van der Waals surface area contributed by atoms with Crippen LogP contribution in [0, 0.1) is 0 Å². The molecule has 1 aromatic heterocycles. The van der Waals surface area contributed by atoms with Crippen molar-refractivity contribution in [2.75, 3.05) is 19.6 Å². The SMILES string of the molecule is CCN(Cc1cnn(C)c1)S(=O)(=O)c1cccc(C(=O)N2CCCC2)c1. The molecule has 140 valence electrons. The Morgan fingerprint density at radius 3 is 2.62 bits per heavy atom. The second-order valence-corrected chi connectivity index (χ2v) is 8.42. The Morgan fingerprint density at radius 2 is 2.00 bits per heavy atom. The molecule has 3 rings (SSSR count). The van der Waals surface area contributed by atoms with Crippen LogP contribution in [0.3, 0.4) is 0 Å². The monoisotopic (exact) mass is 376 g/mol. The Balaban J connectivity index is 1.85. The quantitative estimate of drug-likeness (QED) is 0.771. The van der Waals surface area contributed by atoms with Crippen LogP contribution in [-0.2, 0) is 23.6 Å². The summed E-state index contributed by atoms with van der Waals surface area (Å²) in [6.07, 6.45) is 5.45. The highest BCUT2D eigenvalue weighted by Crippen LogP contribution is 2.21. The van der Waals surface area contributed by atoms with Crippen molar-refractivity contribution < 1.29 is 13.2 Å². The number of carbonyl (C=O) groups is 1. The summed E-state index contributed by atoms with van der Waals surface area (Å²) in [5, 5.41) is 4.09. The van der Waals surface area contributed by atoms with Gasteiger partial charge in [-0.25, -0.2) is 8.42 Å². The lowest BCUT2D eigenvalue weighted by Gasteiger charge is -2.21. The second-order valence-electron chi connectivity index (χ2n) is 6.48. The molecule has 0 saturated carbocycles. The molecule has 1 amide bonds. The minimum Gasteiger partial charge on any atom is -0.339 e. The molecule has 1 aliphatic rings. The van der Waals surface area contributed by atoms with Crippen molar-refractivity contribution in [3.8, 4) is 0 Å². The summed E-state index contributed by atoms with van der Waals surface area (Å²) in [5.41, 5.74) is 1.24. The maximum absolute atomic E-state index is 13.0. The van der Waals surface area contributed by atoms with Crippen molar-refractivity contribution in [2.24, 2.45) is 7.05 Å². The second kappa shape index (κ2) is 7.59. The van der Waals surface area contributed by atoms with Gasteiger partial charge >= 0.3 is 0 Å². The summed E-state index contributed by atoms with van der Waals surface area (Å²) >= 11 is 0. The molecule has 0 bridgehead atoms. The summed E-state index contributed by atoms with van der Waals surface area (Å²) in [6.45, 7) is 3.85. The van der Waals surface area contributed by atoms with E-state index < -0.39 is 10.0 Å². The molecule has 0 atom stereocenters. The van der Waals surface area contributed by atoms with Crippen LogP contribution in [0.2, 0.25) is 0 Å². The van der Waals surface area contributed by atoms with Gasteiger partial charge in [0.25, 0.3) is 5.91 Å². The average molecular weight is 376 g/mol. The molecule has 1 aromatic carbocycles. The molecule has 2 aromatic rings. The molecule has 2 heterocycles. The van der Waals surface area contributed by atoms with Gasteiger partial charge in [0.1, 0.15) is 0 Å². The predicted octanol–water partition coefficient (Wildman–Crippen LogP) is 1.87. The third-order valence-electron chi connectivity index (χ3n) is 4.58. The van der Waals surface area contributed by atoms with Crippen molar-refractivity contribution in [3.63, 3.8) is 0 Å². The Bertz CT molecular complexity index is 885. The average Bonchev–Trinajstić information content (AvgIpc) is 3.30. The van der Waals surface area contributed by atoms with Gasteiger partial charge in [0.2, 0.25) is 10.0 Å². The van der Waals surface area contributed by atoms with Gasteiger partial charge in [-0.05, 0) is 31.0 Å². The third kappa shape index (κ3) is 3.81. The summed E-state index contributed by atoms with van der Waals surface area (Å²) in [7, 11) is -1.90. The minimum absolute atomic E-state index is 0.102. The van der Waals surface area contributed by atoms with Gasteiger partial charge in [-0.2, -0.15) is 9.40 Å². The molecule has 0 radical (unpaired) electrons. The molecule has 0 unspecified atom stereocenters. The highest BCUT2D eigenvalue weighted by molar-refractivity contribution is 7.89. The summed E-state index contributed by atoms with van der Waals surface area (Å²) in [6, 6.07) is 6.34. The Hall–Kier alpha value is -2.19. The van der Waals surface area contributed by atoms with E-state index in [4.69, 9.17) is 0 Å². The Kier molecular flexibility index (Phi) is 5.43. The molecule has 7 nitrogen and oxygen atoms in total. The maximum Gasteiger partial charge on any atom is 0.253 e. The molecule has 0 N–H and O–H groups in total. The molecule has 1 aliphatic heterocycles. The lowest BCUT2D eigenvalue weighted by Crippen LogP contribution is -2.31. The van der Waals surface area contributed by atoms with Gasteiger partial charge in [-0.3, -0.25) is 9.48 Å². The standard InChI is InChI=1S/C18H24N4O3S/c1-3-22(14-15-12-19-20(2)13-15)26(24,25)17-8-6-7-16(11-17)18(23)21-9-4-5-10-21/h6-8,11-13H,3-5,9-10,14H2,1-2H3. The highest BCUT2D eigenvalue weighted by Gasteiger charge is 2.26. The van der Waals surface area contributed by atoms with Gasteiger partial charge in [0.15, 0.2) is 0 Å². The van der Waals surface area contributed by atoms with E-state index in [-0.39, 0.29) is 17.3 Å². The Labute approximate surface area is 154 Å². The zero-order valence-corrected chi connectivity index (χ0v) is 15.9. The van der Waals surface area contributed by atoms with E-state index in [1.54, 1.807) is 54.1 Å². The lowest BCUT2D eigenvalue weighted by molar-refractivity contribution is 0.0792. The van der Waals surface area contributed by atoms with Crippen LogP contribution in [-0.4, -0.2) is 52.9 Å². The first-order valence-electron chi connectivity index (χ1n) is 8.79. The lowest BCUT2D eigenvalue weighted by atomic mass is 10.2. The number of amides is 1. The van der Waals surface area contributed by atoms with E-state index in [0.29, 0.717) is 12.1 Å². The zero-order chi connectivity index (χ0) is 18.7. The summed E-state index contributed by atoms with van der Waals surface area (Å²) < 4.78 is 29.1. The van der Waals surface area contributed by atoms with Gasteiger partial charge in [0, 0.05) is 50.6 Å². The van der Waals surface area contributed by atoms with Crippen molar-refractivity contribution in [3.05, 3.63) is 47.8 Å². The molecule has 0 aliphatic carbocycles. The smallest absolute Gasteiger partial charge is 0.253 e. The van der Waals surface area contributed by atoms with Gasteiger partial charge in [0.05, 0.1) is 11.1 Å². The fraction of sp³-hybridized carbons (Fsp3) is 0.444. The fourth-order valence-corrected chi connectivity index (χ4v) is 4.65. The van der Waals surface area contributed by atoms with Crippen LogP contribution in [0.15, 0.2) is 41.6 Å². The van der Waals surface area contributed by atoms with Crippen molar-refractivity contribution in [1.82, 2.24) is 19.0 Å². The summed E-state index contributed by atoms with van der Waals surface area (Å²) in [5.74, 6) is -0.102. The van der Waals surface area contributed by atoms with E-state index in [9.17, 15) is 13.2 Å². The first-order chi connectivity index (χ1) is 12.4. The predicted molar refractivity (Wildman–Crippen MR) is 98.1 cm³/mol. The van der Waals surface area contributed by atoms with Crippen LogP contribution in [0.4, 0.5) is 0 Å². The van der Waals surface area contributed by atoms with Crippen LogP contribution < -0.4 is 0 Å². The number of hydrogen-bond acceptors (Lipinski definition) is 4. The topological polar surface area (TPSA) is 75.5 Å². The van der Waals surface area contributed by atoms with Gasteiger partial charge in [-0.1, -0.05) is 13.0 Å². The number of nitrogens with zero attached hydrogens (tertiary/aromatic N) is 4. The number of benzene rings is 1. The third-order valence-corrected chi connectivity index (χ3v) is 6.50. The van der Waals surface area contributed by atoms with E-state index in [2.05, 4.69) is 5.10 Å². The van der Waals surface area contributed by atoms with Gasteiger partial charge in [-0.15, -0.1) is 0 Å². The molecule has 1 fully saturated rings. The first kappa shape index (κ1) is 18.6. The van der Waals surface area contributed by atoms with Crippen LogP contribution in [0.25, 0.3) is 0 Å². The maximum atomic E-state index is 13.0. The number of aryl methyl sites for hydroxylation is 1. The molecular formula is C18H24N4O3S. The molecular weight excluding hydrogens is 352 g/mol. The van der Waals surface area contributed by atoms with E-state index in [0.717, 1.165) is 31.5 Å². The summed E-state index contributed by atoms with van der Waals surface area (Å²) in [4.78, 5) is 14.5. The number of aromatic nitrogens is 2. The minimum atomic E-state index is -3.69. The molecule has 8 heteroatoms. The molecule has 0 spiro atoms. The highest BCUT2D eigenvalue weighted by atomic mass is 32.2. The van der Waals surface area contributed by atoms with Crippen molar-refractivity contribution >= 4 is 15.9 Å². The number of hydrogen-bond donors (Lipinski definition) is 0. The van der Waals surface area contributed by atoms with Crippen molar-refractivity contribution in [2.45, 2.75) is 31.2 Å². The van der Waals surface area contributed by atoms with E-state index >= 15 is 0 Å². The van der Waals surface area contributed by atoms with E-state index in [1.165, 1.54) is 10.4 Å². The molecule has 1 saturated heterocycles. The van der Waals surface area contributed by atoms with E-state index in [1.807, 2.05) is 0 Å². The fourth-order valence-electron chi connectivity index (χ4n) is 3.17. The Morgan fingerprint density at radius 1 is 1.27 bits per heavy atom. The normalized spacial score (nSPS) is 15.0. The zero-order valence-electron chi connectivity index (χ0n) is 15.1. The van der Waals surface area contributed by atoms with Crippen LogP contribution >= 0.6 is 0 Å². The number of rotatable bonds is 6. The first-order valence-corrected chi connectivity index (χ1v) is 10.2. The van der Waals surface area contributed by atoms with Gasteiger partial charge < -0.3 is 4.90 Å². The number of carbonyl (C=O) groups excluding carboxylic acids is 1. The molecule has 26 heavy (non-hydrogen) atoms. The number of sulfonamides is 1. The number of likely N-dealkylation sites (tertiary alicyclic amines) is 1. The van der Waals surface area contributed by atoms with Crippen molar-refractivity contribution in [1.29, 1.82) is 0 Å². The largest absolute Gasteiger partial charge is 0.339 e. The van der Waals surface area contributed by atoms with Crippen LogP contribution in [0.1, 0.15) is 35.7 Å². The van der Waals surface area contributed by atoms with Crippen LogP contribution in [0.5, 0.6) is 0 Å².